The lowest BCUT2D eigenvalue weighted by Crippen LogP contribution is -2.04. The molecule has 7 heteroatoms. The zero-order valence-corrected chi connectivity index (χ0v) is 11.9. The molecule has 1 N–H and O–H groups in total. The van der Waals surface area contributed by atoms with Crippen molar-refractivity contribution in [3.8, 4) is 10.7 Å². The van der Waals surface area contributed by atoms with E-state index < -0.39 is 0 Å². The van der Waals surface area contributed by atoms with Gasteiger partial charge in [0.05, 0.1) is 5.69 Å². The van der Waals surface area contributed by atoms with Crippen molar-refractivity contribution < 1.29 is 0 Å². The number of rotatable bonds is 3. The second-order valence-corrected chi connectivity index (χ2v) is 5.60. The van der Waals surface area contributed by atoms with Crippen molar-refractivity contribution in [3.05, 3.63) is 10.5 Å². The average Bonchev–Trinajstić information content (AvgIpc) is 2.82. The molecule has 2 aromatic rings. The van der Waals surface area contributed by atoms with Gasteiger partial charge in [0.25, 0.3) is 0 Å². The van der Waals surface area contributed by atoms with Crippen LogP contribution in [0.1, 0.15) is 45.3 Å². The lowest BCUT2D eigenvalue weighted by atomic mass is 10.1. The average molecular weight is 269 g/mol. The third-order valence-corrected chi connectivity index (χ3v) is 3.51. The van der Waals surface area contributed by atoms with Crippen LogP contribution in [0.25, 0.3) is 10.7 Å². The van der Waals surface area contributed by atoms with Crippen LogP contribution in [0.5, 0.6) is 0 Å². The number of hydrogen-bond donors (Lipinski definition) is 1. The van der Waals surface area contributed by atoms with Gasteiger partial charge in [-0.25, -0.2) is 0 Å². The predicted octanol–water partition coefficient (Wildman–Crippen LogP) is 3.16. The summed E-state index contributed by atoms with van der Waals surface area (Å²) < 4.78 is 6.65. The van der Waals surface area contributed by atoms with E-state index in [1.807, 2.05) is 4.57 Å². The quantitative estimate of drug-likeness (QED) is 0.869. The SMILES string of the molecule is CC(C)c1nnsc1-c1n[nH]c(=S)n1C(C)C. The molecule has 0 aromatic carbocycles. The van der Waals surface area contributed by atoms with Gasteiger partial charge in [0.15, 0.2) is 10.6 Å². The summed E-state index contributed by atoms with van der Waals surface area (Å²) in [6.45, 7) is 8.36. The minimum absolute atomic E-state index is 0.262. The van der Waals surface area contributed by atoms with Gasteiger partial charge in [0.2, 0.25) is 0 Å². The Morgan fingerprint density at radius 3 is 2.59 bits per heavy atom. The lowest BCUT2D eigenvalue weighted by Gasteiger charge is -2.10. The molecule has 0 atom stereocenters. The molecule has 0 aliphatic rings. The summed E-state index contributed by atoms with van der Waals surface area (Å²) in [6, 6.07) is 0.262. The van der Waals surface area contributed by atoms with Crippen LogP contribution < -0.4 is 0 Å². The summed E-state index contributed by atoms with van der Waals surface area (Å²) in [5.74, 6) is 1.17. The van der Waals surface area contributed by atoms with Crippen LogP contribution in [0, 0.1) is 4.77 Å². The summed E-state index contributed by atoms with van der Waals surface area (Å²) in [5, 5.41) is 11.3. The molecule has 0 unspecified atom stereocenters. The first kappa shape index (κ1) is 12.4. The van der Waals surface area contributed by atoms with Crippen LogP contribution in [-0.2, 0) is 0 Å². The molecule has 0 bridgehead atoms. The Morgan fingerprint density at radius 2 is 2.00 bits per heavy atom. The fourth-order valence-electron chi connectivity index (χ4n) is 1.67. The molecule has 0 amide bonds. The van der Waals surface area contributed by atoms with E-state index in [9.17, 15) is 0 Å². The number of nitrogens with zero attached hydrogens (tertiary/aromatic N) is 4. The second kappa shape index (κ2) is 4.66. The topological polar surface area (TPSA) is 59.4 Å². The maximum Gasteiger partial charge on any atom is 0.195 e. The van der Waals surface area contributed by atoms with Gasteiger partial charge in [-0.3, -0.25) is 9.67 Å². The number of hydrogen-bond acceptors (Lipinski definition) is 5. The highest BCUT2D eigenvalue weighted by Gasteiger charge is 2.20. The molecule has 0 aliphatic heterocycles. The maximum absolute atomic E-state index is 5.24. The van der Waals surface area contributed by atoms with E-state index in [0.29, 0.717) is 10.7 Å². The number of aromatic nitrogens is 5. The Hall–Kier alpha value is -1.08. The Labute approximate surface area is 109 Å². The van der Waals surface area contributed by atoms with E-state index >= 15 is 0 Å². The van der Waals surface area contributed by atoms with Crippen LogP contribution >= 0.6 is 23.8 Å². The van der Waals surface area contributed by atoms with E-state index in [0.717, 1.165) is 16.4 Å². The van der Waals surface area contributed by atoms with Crippen LogP contribution in [0.15, 0.2) is 0 Å². The molecule has 92 valence electrons. The van der Waals surface area contributed by atoms with Gasteiger partial charge in [0, 0.05) is 6.04 Å². The molecule has 17 heavy (non-hydrogen) atoms. The molecular weight excluding hydrogens is 254 g/mol. The summed E-state index contributed by atoms with van der Waals surface area (Å²) in [4.78, 5) is 1.00. The second-order valence-electron chi connectivity index (χ2n) is 4.46. The zero-order chi connectivity index (χ0) is 12.6. The van der Waals surface area contributed by atoms with Gasteiger partial charge in [-0.1, -0.05) is 18.3 Å². The van der Waals surface area contributed by atoms with Gasteiger partial charge in [0.1, 0.15) is 4.88 Å². The highest BCUT2D eigenvalue weighted by atomic mass is 32.1. The lowest BCUT2D eigenvalue weighted by molar-refractivity contribution is 0.597. The summed E-state index contributed by atoms with van der Waals surface area (Å²) in [5.41, 5.74) is 0.978. The molecule has 0 aliphatic carbocycles. The largest absolute Gasteiger partial charge is 0.297 e. The third-order valence-electron chi connectivity index (χ3n) is 2.48. The zero-order valence-electron chi connectivity index (χ0n) is 10.3. The number of H-pyrrole nitrogens is 1. The minimum atomic E-state index is 0.262. The predicted molar refractivity (Wildman–Crippen MR) is 70.8 cm³/mol. The van der Waals surface area contributed by atoms with Gasteiger partial charge < -0.3 is 0 Å². The third kappa shape index (κ3) is 2.16. The molecule has 0 saturated carbocycles. The van der Waals surface area contributed by atoms with E-state index in [2.05, 4.69) is 47.5 Å². The van der Waals surface area contributed by atoms with Gasteiger partial charge >= 0.3 is 0 Å². The van der Waals surface area contributed by atoms with Crippen molar-refractivity contribution >= 4 is 23.8 Å². The first-order valence-electron chi connectivity index (χ1n) is 5.52. The highest BCUT2D eigenvalue weighted by molar-refractivity contribution is 7.71. The normalized spacial score (nSPS) is 11.6. The number of nitrogens with one attached hydrogen (secondary N) is 1. The monoisotopic (exact) mass is 269 g/mol. The maximum atomic E-state index is 5.24. The summed E-state index contributed by atoms with van der Waals surface area (Å²) >= 11 is 6.61. The van der Waals surface area contributed by atoms with Crippen LogP contribution in [0.2, 0.25) is 0 Å². The molecule has 0 spiro atoms. The van der Waals surface area contributed by atoms with Crippen molar-refractivity contribution in [2.24, 2.45) is 0 Å². The van der Waals surface area contributed by atoms with Crippen LogP contribution in [0.3, 0.4) is 0 Å². The highest BCUT2D eigenvalue weighted by Crippen LogP contribution is 2.30. The molecule has 2 rings (SSSR count). The smallest absolute Gasteiger partial charge is 0.195 e. The van der Waals surface area contributed by atoms with Crippen LogP contribution in [-0.4, -0.2) is 24.4 Å². The van der Waals surface area contributed by atoms with E-state index in [4.69, 9.17) is 12.2 Å². The molecule has 0 fully saturated rings. The van der Waals surface area contributed by atoms with E-state index in [1.54, 1.807) is 0 Å². The standard InChI is InChI=1S/C10H15N5S2/c1-5(2)7-8(17-14-11-7)9-12-13-10(16)15(9)6(3)4/h5-6H,1-4H3,(H,13,16). The Bertz CT molecular complexity index is 563. The minimum Gasteiger partial charge on any atom is -0.297 e. The first-order chi connectivity index (χ1) is 8.02. The van der Waals surface area contributed by atoms with Gasteiger partial charge in [-0.05, 0) is 43.5 Å². The fourth-order valence-corrected chi connectivity index (χ4v) is 2.82. The summed E-state index contributed by atoms with van der Waals surface area (Å²) in [6.07, 6.45) is 0. The van der Waals surface area contributed by atoms with E-state index in [-0.39, 0.29) is 6.04 Å². The molecule has 2 heterocycles. The molecular formula is C10H15N5S2. The number of aromatic amines is 1. The fraction of sp³-hybridized carbons (Fsp3) is 0.600. The summed E-state index contributed by atoms with van der Waals surface area (Å²) in [7, 11) is 0. The van der Waals surface area contributed by atoms with Crippen molar-refractivity contribution in [1.29, 1.82) is 0 Å². The van der Waals surface area contributed by atoms with Crippen molar-refractivity contribution in [2.75, 3.05) is 0 Å². The first-order valence-corrected chi connectivity index (χ1v) is 6.70. The Kier molecular flexibility index (Phi) is 3.39. The molecule has 5 nitrogen and oxygen atoms in total. The van der Waals surface area contributed by atoms with Crippen LogP contribution in [0.4, 0.5) is 0 Å². The molecule has 2 aromatic heterocycles. The van der Waals surface area contributed by atoms with E-state index in [1.165, 1.54) is 11.5 Å². The molecule has 0 saturated heterocycles. The van der Waals surface area contributed by atoms with Gasteiger partial charge in [-0.15, -0.1) is 5.10 Å². The van der Waals surface area contributed by atoms with Crippen molar-refractivity contribution in [1.82, 2.24) is 24.4 Å². The van der Waals surface area contributed by atoms with Gasteiger partial charge in [-0.2, -0.15) is 5.10 Å². The Morgan fingerprint density at radius 1 is 1.29 bits per heavy atom. The van der Waals surface area contributed by atoms with Crippen molar-refractivity contribution in [2.45, 2.75) is 39.7 Å². The molecule has 0 radical (unpaired) electrons. The Balaban J connectivity index is 2.61. The van der Waals surface area contributed by atoms with Crippen molar-refractivity contribution in [3.63, 3.8) is 0 Å².